The van der Waals surface area contributed by atoms with Crippen LogP contribution < -0.4 is 0 Å². The smallest absolute Gasteiger partial charge is 0.309 e. The fourth-order valence-corrected chi connectivity index (χ4v) is 11.5. The second-order valence-electron chi connectivity index (χ2n) is 14.3. The van der Waals surface area contributed by atoms with Gasteiger partial charge in [-0.05, 0) is 111 Å². The minimum absolute atomic E-state index is 0.0163. The summed E-state index contributed by atoms with van der Waals surface area (Å²) < 4.78 is 0. The first-order valence-corrected chi connectivity index (χ1v) is 13.9. The lowest BCUT2D eigenvalue weighted by Gasteiger charge is -2.73. The Kier molecular flexibility index (Phi) is 5.57. The summed E-state index contributed by atoms with van der Waals surface area (Å²) in [6, 6.07) is 0. The van der Waals surface area contributed by atoms with E-state index in [2.05, 4.69) is 34.3 Å². The average molecular weight is 487 g/mol. The summed E-state index contributed by atoms with van der Waals surface area (Å²) in [7, 11) is 0. The SMILES string of the molecule is C=C(C)[C@@H]1CC[C@]2(C(=O)O)CC[C@]3(C)[C@H](C[C@@H](O)[C@@H]4[C@@]5(C)CC[C@@H](O)[C@@](C)(C=O)[C@@H]5CC[C@]43C)[C@@H]12. The van der Waals surface area contributed by atoms with E-state index in [4.69, 9.17) is 0 Å². The van der Waals surface area contributed by atoms with Crippen molar-refractivity contribution in [1.29, 1.82) is 0 Å². The summed E-state index contributed by atoms with van der Waals surface area (Å²) in [6.07, 6.45) is 6.79. The predicted molar refractivity (Wildman–Crippen MR) is 134 cm³/mol. The number of carboxylic acid groups (broad SMARTS) is 1. The second kappa shape index (κ2) is 7.66. The topological polar surface area (TPSA) is 94.8 Å². The van der Waals surface area contributed by atoms with Gasteiger partial charge in [-0.1, -0.05) is 39.8 Å². The number of rotatable bonds is 3. The van der Waals surface area contributed by atoms with Crippen molar-refractivity contribution < 1.29 is 24.9 Å². The lowest BCUT2D eigenvalue weighted by atomic mass is 9.31. The van der Waals surface area contributed by atoms with Gasteiger partial charge in [0.15, 0.2) is 0 Å². The van der Waals surface area contributed by atoms with E-state index in [1.807, 2.05) is 6.92 Å². The first-order chi connectivity index (χ1) is 16.2. The maximum atomic E-state index is 12.8. The fraction of sp³-hybridized carbons (Fsp3) is 0.867. The largest absolute Gasteiger partial charge is 0.481 e. The first-order valence-electron chi connectivity index (χ1n) is 13.9. The molecule has 3 N–H and O–H groups in total. The van der Waals surface area contributed by atoms with E-state index in [-0.39, 0.29) is 45.8 Å². The van der Waals surface area contributed by atoms with Gasteiger partial charge in [-0.3, -0.25) is 4.79 Å². The van der Waals surface area contributed by atoms with Crippen LogP contribution in [-0.2, 0) is 9.59 Å². The number of fused-ring (bicyclic) bond motifs is 7. The zero-order chi connectivity index (χ0) is 25.8. The molecule has 0 aliphatic heterocycles. The van der Waals surface area contributed by atoms with Gasteiger partial charge in [-0.25, -0.2) is 0 Å². The molecule has 0 unspecified atom stereocenters. The van der Waals surface area contributed by atoms with Crippen LogP contribution in [0.3, 0.4) is 0 Å². The van der Waals surface area contributed by atoms with Gasteiger partial charge in [0.1, 0.15) is 6.29 Å². The molecule has 0 heterocycles. The van der Waals surface area contributed by atoms with Crippen molar-refractivity contribution >= 4 is 12.3 Å². The molecule has 0 radical (unpaired) electrons. The summed E-state index contributed by atoms with van der Waals surface area (Å²) in [4.78, 5) is 25.1. The van der Waals surface area contributed by atoms with Gasteiger partial charge in [0.2, 0.25) is 0 Å². The van der Waals surface area contributed by atoms with E-state index in [1.165, 1.54) is 0 Å². The highest BCUT2D eigenvalue weighted by atomic mass is 16.4. The molecule has 0 bridgehead atoms. The Morgan fingerprint density at radius 2 is 1.63 bits per heavy atom. The Balaban J connectivity index is 1.61. The molecule has 5 aliphatic carbocycles. The summed E-state index contributed by atoms with van der Waals surface area (Å²) in [5.41, 5.74) is -0.876. The van der Waals surface area contributed by atoms with Gasteiger partial charge in [0, 0.05) is 0 Å². The monoisotopic (exact) mass is 486 g/mol. The van der Waals surface area contributed by atoms with E-state index in [0.717, 1.165) is 44.0 Å². The lowest BCUT2D eigenvalue weighted by molar-refractivity contribution is -0.274. The normalized spacial score (nSPS) is 57.3. The molecule has 5 aliphatic rings. The molecule has 5 rings (SSSR count). The van der Waals surface area contributed by atoms with Gasteiger partial charge in [-0.2, -0.15) is 0 Å². The Morgan fingerprint density at radius 3 is 2.23 bits per heavy atom. The molecule has 196 valence electrons. The van der Waals surface area contributed by atoms with E-state index in [1.54, 1.807) is 0 Å². The molecule has 0 aromatic rings. The fourth-order valence-electron chi connectivity index (χ4n) is 11.5. The molecule has 5 fully saturated rings. The first kappa shape index (κ1) is 25.4. The number of aliphatic hydroxyl groups is 2. The van der Waals surface area contributed by atoms with Crippen LogP contribution in [-0.4, -0.2) is 39.8 Å². The second-order valence-corrected chi connectivity index (χ2v) is 14.3. The molecule has 35 heavy (non-hydrogen) atoms. The van der Waals surface area contributed by atoms with Crippen molar-refractivity contribution in [3.63, 3.8) is 0 Å². The molecule has 0 aromatic carbocycles. The Bertz CT molecular complexity index is 945. The molecular formula is C30H46O5. The number of hydrogen-bond donors (Lipinski definition) is 3. The Morgan fingerprint density at radius 1 is 0.943 bits per heavy atom. The third kappa shape index (κ3) is 2.89. The van der Waals surface area contributed by atoms with Crippen LogP contribution in [0, 0.1) is 56.7 Å². The maximum Gasteiger partial charge on any atom is 0.309 e. The van der Waals surface area contributed by atoms with E-state index >= 15 is 0 Å². The van der Waals surface area contributed by atoms with Gasteiger partial charge in [-0.15, -0.1) is 0 Å². The zero-order valence-corrected chi connectivity index (χ0v) is 22.3. The third-order valence-electron chi connectivity index (χ3n) is 13.4. The van der Waals surface area contributed by atoms with E-state index < -0.39 is 29.0 Å². The zero-order valence-electron chi connectivity index (χ0n) is 22.3. The van der Waals surface area contributed by atoms with Crippen molar-refractivity contribution in [2.75, 3.05) is 0 Å². The number of carbonyl (C=O) groups excluding carboxylic acids is 1. The number of allylic oxidation sites excluding steroid dienone is 1. The number of carbonyl (C=O) groups is 2. The summed E-state index contributed by atoms with van der Waals surface area (Å²) in [5, 5.41) is 33.3. The number of aliphatic hydroxyl groups excluding tert-OH is 2. The maximum absolute atomic E-state index is 12.8. The van der Waals surface area contributed by atoms with Crippen molar-refractivity contribution in [3.05, 3.63) is 12.2 Å². The van der Waals surface area contributed by atoms with E-state index in [9.17, 15) is 24.9 Å². The van der Waals surface area contributed by atoms with Crippen LogP contribution >= 0.6 is 0 Å². The van der Waals surface area contributed by atoms with Gasteiger partial charge >= 0.3 is 5.97 Å². The molecule has 12 atom stereocenters. The molecule has 0 saturated heterocycles. The lowest BCUT2D eigenvalue weighted by Crippen LogP contribution is -2.70. The van der Waals surface area contributed by atoms with Crippen LogP contribution in [0.5, 0.6) is 0 Å². The number of hydrogen-bond acceptors (Lipinski definition) is 4. The van der Waals surface area contributed by atoms with Crippen molar-refractivity contribution in [3.8, 4) is 0 Å². The Hall–Kier alpha value is -1.20. The van der Waals surface area contributed by atoms with Crippen LogP contribution in [0.1, 0.15) is 92.4 Å². The van der Waals surface area contributed by atoms with Crippen LogP contribution in [0.2, 0.25) is 0 Å². The van der Waals surface area contributed by atoms with Crippen LogP contribution in [0.15, 0.2) is 12.2 Å². The molecule has 0 amide bonds. The van der Waals surface area contributed by atoms with Crippen molar-refractivity contribution in [1.82, 2.24) is 0 Å². The molecule has 5 heteroatoms. The van der Waals surface area contributed by atoms with Gasteiger partial charge in [0.25, 0.3) is 0 Å². The molecule has 0 spiro atoms. The van der Waals surface area contributed by atoms with Crippen molar-refractivity contribution in [2.45, 2.75) is 105 Å². The third-order valence-corrected chi connectivity index (χ3v) is 13.4. The average Bonchev–Trinajstić information content (AvgIpc) is 3.19. The molecule has 5 nitrogen and oxygen atoms in total. The summed E-state index contributed by atoms with van der Waals surface area (Å²) >= 11 is 0. The highest BCUT2D eigenvalue weighted by Gasteiger charge is 2.74. The standard InChI is InChI=1S/C30H46O5/c1-17(2)18-7-12-30(25(34)35)14-13-28(5)19(23(18)30)15-20(32)24-26(3)10-9-22(33)27(4,16-31)21(26)8-11-29(24,28)6/h16,18-24,32-33H,1,7-15H2,2-6H3,(H,34,35)/t18-,19+,20+,21+,22+,23+,24+,26-,27-,28+,29+,30-/m0/s1. The minimum atomic E-state index is -0.784. The number of aliphatic carboxylic acids is 1. The molecule has 5 saturated carbocycles. The van der Waals surface area contributed by atoms with Crippen LogP contribution in [0.25, 0.3) is 0 Å². The number of carboxylic acids is 1. The quantitative estimate of drug-likeness (QED) is 0.375. The summed E-state index contributed by atoms with van der Waals surface area (Å²) in [6.45, 7) is 15.3. The van der Waals surface area contributed by atoms with Gasteiger partial charge < -0.3 is 20.1 Å². The highest BCUT2D eigenvalue weighted by Crippen LogP contribution is 2.77. The molecule has 0 aromatic heterocycles. The highest BCUT2D eigenvalue weighted by molar-refractivity contribution is 5.76. The number of aldehydes is 1. The Labute approximate surface area is 210 Å². The summed E-state index contributed by atoms with van der Waals surface area (Å²) in [5.74, 6) is -0.238. The van der Waals surface area contributed by atoms with Gasteiger partial charge in [0.05, 0.1) is 23.0 Å². The molecular weight excluding hydrogens is 440 g/mol. The van der Waals surface area contributed by atoms with Crippen LogP contribution in [0.4, 0.5) is 0 Å². The predicted octanol–water partition coefficient (Wildman–Crippen LogP) is 5.24. The van der Waals surface area contributed by atoms with Crippen molar-refractivity contribution in [2.24, 2.45) is 56.7 Å². The van der Waals surface area contributed by atoms with E-state index in [0.29, 0.717) is 25.7 Å². The minimum Gasteiger partial charge on any atom is -0.481 e.